The maximum Gasteiger partial charge on any atom is 0.237 e. The second kappa shape index (κ2) is 5.06. The van der Waals surface area contributed by atoms with Crippen LogP contribution in [0.3, 0.4) is 0 Å². The van der Waals surface area contributed by atoms with Gasteiger partial charge in [-0.1, -0.05) is 12.1 Å². The molecule has 2 aliphatic rings. The van der Waals surface area contributed by atoms with Crippen LogP contribution in [0, 0.1) is 0 Å². The number of carbonyl (C=O) groups is 1. The Morgan fingerprint density at radius 1 is 1.35 bits per heavy atom. The standard InChI is InChI=1S/C18H20N4O/c1-20-6-4-11-7-12-9-18(10-13(12)8-15(11)19)14-3-2-5-21-16(14)22-17(18)23/h2-3,5,7-8,20H,4,6,9-10,19H2,1H3,(H,21,22,23)/t18-/m0/s1. The largest absolute Gasteiger partial charge is 0.398 e. The summed E-state index contributed by atoms with van der Waals surface area (Å²) in [7, 11) is 1.94. The van der Waals surface area contributed by atoms with Gasteiger partial charge in [0.2, 0.25) is 5.91 Å². The van der Waals surface area contributed by atoms with E-state index in [9.17, 15) is 4.79 Å². The van der Waals surface area contributed by atoms with Gasteiger partial charge in [0, 0.05) is 17.4 Å². The Bertz CT molecular complexity index is 802. The zero-order valence-electron chi connectivity index (χ0n) is 13.1. The number of nitrogen functional groups attached to an aromatic ring is 1. The lowest BCUT2D eigenvalue weighted by molar-refractivity contribution is -0.120. The van der Waals surface area contributed by atoms with Crippen molar-refractivity contribution in [2.24, 2.45) is 0 Å². The Morgan fingerprint density at radius 3 is 2.91 bits per heavy atom. The number of likely N-dealkylation sites (N-methyl/N-ethyl adjacent to an activating group) is 1. The number of rotatable bonds is 3. The third kappa shape index (κ3) is 2.04. The molecule has 0 bridgehead atoms. The molecule has 5 heteroatoms. The molecule has 1 aliphatic heterocycles. The maximum absolute atomic E-state index is 12.7. The smallest absolute Gasteiger partial charge is 0.237 e. The molecule has 2 aromatic rings. The maximum atomic E-state index is 12.7. The third-order valence-corrected chi connectivity index (χ3v) is 5.08. The number of anilines is 2. The van der Waals surface area contributed by atoms with Gasteiger partial charge in [-0.3, -0.25) is 4.79 Å². The Labute approximate surface area is 135 Å². The first kappa shape index (κ1) is 14.2. The average Bonchev–Trinajstić information content (AvgIpc) is 3.04. The molecule has 1 atom stereocenters. The molecule has 0 fully saturated rings. The van der Waals surface area contributed by atoms with E-state index >= 15 is 0 Å². The quantitative estimate of drug-likeness (QED) is 0.749. The van der Waals surface area contributed by atoms with Crippen molar-refractivity contribution in [1.82, 2.24) is 10.3 Å². The summed E-state index contributed by atoms with van der Waals surface area (Å²) in [4.78, 5) is 17.0. The molecule has 1 amide bonds. The van der Waals surface area contributed by atoms with Crippen LogP contribution < -0.4 is 16.4 Å². The second-order valence-electron chi connectivity index (χ2n) is 6.46. The zero-order chi connectivity index (χ0) is 16.0. The van der Waals surface area contributed by atoms with Gasteiger partial charge < -0.3 is 16.4 Å². The van der Waals surface area contributed by atoms with Crippen molar-refractivity contribution in [1.29, 1.82) is 0 Å². The van der Waals surface area contributed by atoms with Crippen LogP contribution in [0.4, 0.5) is 11.5 Å². The monoisotopic (exact) mass is 308 g/mol. The fourth-order valence-corrected chi connectivity index (χ4v) is 3.87. The fourth-order valence-electron chi connectivity index (χ4n) is 3.87. The number of amides is 1. The van der Waals surface area contributed by atoms with Gasteiger partial charge >= 0.3 is 0 Å². The molecular weight excluding hydrogens is 288 g/mol. The molecule has 1 aromatic carbocycles. The normalized spacial score (nSPS) is 21.3. The van der Waals surface area contributed by atoms with E-state index in [1.54, 1.807) is 6.20 Å². The highest BCUT2D eigenvalue weighted by molar-refractivity contribution is 6.06. The second-order valence-corrected chi connectivity index (χ2v) is 6.46. The number of nitrogens with one attached hydrogen (secondary N) is 2. The number of nitrogens with zero attached hydrogens (tertiary/aromatic N) is 1. The summed E-state index contributed by atoms with van der Waals surface area (Å²) in [5, 5.41) is 6.09. The highest BCUT2D eigenvalue weighted by Gasteiger charge is 2.51. The molecule has 23 heavy (non-hydrogen) atoms. The lowest BCUT2D eigenvalue weighted by Gasteiger charge is -2.20. The predicted molar refractivity (Wildman–Crippen MR) is 90.4 cm³/mol. The zero-order valence-corrected chi connectivity index (χ0v) is 13.1. The summed E-state index contributed by atoms with van der Waals surface area (Å²) in [6.07, 6.45) is 4.03. The van der Waals surface area contributed by atoms with E-state index in [0.717, 1.165) is 36.2 Å². The first-order valence-corrected chi connectivity index (χ1v) is 7.96. The Kier molecular flexibility index (Phi) is 3.13. The molecule has 2 heterocycles. The minimum Gasteiger partial charge on any atom is -0.398 e. The van der Waals surface area contributed by atoms with Gasteiger partial charge in [-0.2, -0.15) is 0 Å². The predicted octanol–water partition coefficient (Wildman–Crippen LogP) is 1.41. The summed E-state index contributed by atoms with van der Waals surface area (Å²) in [6, 6.07) is 8.14. The molecule has 1 aliphatic carbocycles. The van der Waals surface area contributed by atoms with Crippen molar-refractivity contribution in [3.63, 3.8) is 0 Å². The van der Waals surface area contributed by atoms with Crippen LogP contribution >= 0.6 is 0 Å². The molecule has 1 spiro atoms. The summed E-state index contributed by atoms with van der Waals surface area (Å²) in [5.41, 5.74) is 11.1. The number of aromatic nitrogens is 1. The van der Waals surface area contributed by atoms with Crippen LogP contribution in [-0.4, -0.2) is 24.5 Å². The molecule has 5 nitrogen and oxygen atoms in total. The van der Waals surface area contributed by atoms with E-state index < -0.39 is 5.41 Å². The van der Waals surface area contributed by atoms with Crippen molar-refractivity contribution in [3.05, 3.63) is 52.7 Å². The van der Waals surface area contributed by atoms with E-state index in [0.29, 0.717) is 12.2 Å². The topological polar surface area (TPSA) is 80.0 Å². The molecule has 0 saturated carbocycles. The molecule has 118 valence electrons. The van der Waals surface area contributed by atoms with Crippen LogP contribution in [0.1, 0.15) is 22.3 Å². The van der Waals surface area contributed by atoms with Gasteiger partial charge in [0.25, 0.3) is 0 Å². The molecule has 4 rings (SSSR count). The van der Waals surface area contributed by atoms with Crippen molar-refractivity contribution >= 4 is 17.4 Å². The number of carbonyl (C=O) groups excluding carboxylic acids is 1. The lowest BCUT2D eigenvalue weighted by Crippen LogP contribution is -2.35. The minimum absolute atomic E-state index is 0.0535. The van der Waals surface area contributed by atoms with Crippen LogP contribution in [-0.2, 0) is 29.5 Å². The number of hydrogen-bond donors (Lipinski definition) is 3. The average molecular weight is 308 g/mol. The molecule has 0 saturated heterocycles. The SMILES string of the molecule is CNCCc1cc2c(cc1N)C[C@]1(C2)C(=O)Nc2ncccc21. The van der Waals surface area contributed by atoms with Gasteiger partial charge in [-0.05, 0) is 61.7 Å². The molecule has 4 N–H and O–H groups in total. The summed E-state index contributed by atoms with van der Waals surface area (Å²) >= 11 is 0. The lowest BCUT2D eigenvalue weighted by atomic mass is 9.79. The highest BCUT2D eigenvalue weighted by Crippen LogP contribution is 2.47. The van der Waals surface area contributed by atoms with Gasteiger partial charge in [0.05, 0.1) is 5.41 Å². The molecule has 1 aromatic heterocycles. The number of nitrogens with two attached hydrogens (primary N) is 1. The summed E-state index contributed by atoms with van der Waals surface area (Å²) < 4.78 is 0. The van der Waals surface area contributed by atoms with Gasteiger partial charge in [0.1, 0.15) is 5.82 Å². The van der Waals surface area contributed by atoms with Gasteiger partial charge in [-0.25, -0.2) is 4.98 Å². The van der Waals surface area contributed by atoms with Crippen LogP contribution in [0.5, 0.6) is 0 Å². The minimum atomic E-state index is -0.514. The highest BCUT2D eigenvalue weighted by atomic mass is 16.2. The van der Waals surface area contributed by atoms with Crippen LogP contribution in [0.25, 0.3) is 0 Å². The van der Waals surface area contributed by atoms with E-state index in [1.165, 1.54) is 11.1 Å². The van der Waals surface area contributed by atoms with Crippen molar-refractivity contribution < 1.29 is 4.79 Å². The van der Waals surface area contributed by atoms with Crippen LogP contribution in [0.2, 0.25) is 0 Å². The number of hydrogen-bond acceptors (Lipinski definition) is 4. The van der Waals surface area contributed by atoms with Crippen molar-refractivity contribution in [3.8, 4) is 0 Å². The Hall–Kier alpha value is -2.40. The Balaban J connectivity index is 1.74. The van der Waals surface area contributed by atoms with Gasteiger partial charge in [-0.15, -0.1) is 0 Å². The first-order valence-electron chi connectivity index (χ1n) is 7.96. The number of fused-ring (bicyclic) bond motifs is 3. The number of benzene rings is 1. The van der Waals surface area contributed by atoms with Gasteiger partial charge in [0.15, 0.2) is 0 Å². The van der Waals surface area contributed by atoms with E-state index in [4.69, 9.17) is 5.73 Å². The van der Waals surface area contributed by atoms with E-state index in [1.807, 2.05) is 19.2 Å². The summed E-state index contributed by atoms with van der Waals surface area (Å²) in [5.74, 6) is 0.756. The fraction of sp³-hybridized carbons (Fsp3) is 0.333. The Morgan fingerprint density at radius 2 is 2.13 bits per heavy atom. The van der Waals surface area contributed by atoms with E-state index in [2.05, 4.69) is 27.8 Å². The van der Waals surface area contributed by atoms with E-state index in [-0.39, 0.29) is 5.91 Å². The summed E-state index contributed by atoms with van der Waals surface area (Å²) in [6.45, 7) is 0.890. The number of pyridine rings is 1. The molecule has 0 unspecified atom stereocenters. The molecule has 0 radical (unpaired) electrons. The van der Waals surface area contributed by atoms with Crippen molar-refractivity contribution in [2.45, 2.75) is 24.7 Å². The molecular formula is C18H20N4O. The van der Waals surface area contributed by atoms with Crippen molar-refractivity contribution in [2.75, 3.05) is 24.6 Å². The third-order valence-electron chi connectivity index (χ3n) is 5.08. The van der Waals surface area contributed by atoms with Crippen LogP contribution in [0.15, 0.2) is 30.5 Å². The first-order chi connectivity index (χ1) is 11.1.